The van der Waals surface area contributed by atoms with Crippen LogP contribution < -0.4 is 4.90 Å². The predicted molar refractivity (Wildman–Crippen MR) is 65.6 cm³/mol. The number of hydrogen-bond donors (Lipinski definition) is 0. The number of rotatable bonds is 1. The van der Waals surface area contributed by atoms with Gasteiger partial charge in [0.1, 0.15) is 0 Å². The fraction of sp³-hybridized carbons (Fsp3) is 0.333. The Morgan fingerprint density at radius 3 is 2.61 bits per heavy atom. The summed E-state index contributed by atoms with van der Waals surface area (Å²) in [6.07, 6.45) is 0. The summed E-state index contributed by atoms with van der Waals surface area (Å²) in [4.78, 5) is 25.7. The zero-order chi connectivity index (χ0) is 12.9. The molecule has 0 bridgehead atoms. The minimum atomic E-state index is -1.03. The normalized spacial score (nSPS) is 30.1. The first-order chi connectivity index (χ1) is 8.54. The van der Waals surface area contributed by atoms with Gasteiger partial charge in [-0.15, -0.1) is 0 Å². The lowest BCUT2D eigenvalue weighted by atomic mass is 9.90. The van der Waals surface area contributed by atoms with E-state index in [2.05, 4.69) is 10.2 Å². The van der Waals surface area contributed by atoms with Gasteiger partial charge in [-0.2, -0.15) is 10.2 Å². The third-order valence-corrected chi connectivity index (χ3v) is 3.71. The molecule has 0 spiro atoms. The largest absolute Gasteiger partial charge is 0.274 e. The Balaban J connectivity index is 2.04. The minimum absolute atomic E-state index is 0.241. The lowest BCUT2D eigenvalue weighted by molar-refractivity contribution is -0.122. The van der Waals surface area contributed by atoms with Gasteiger partial charge in [0.15, 0.2) is 5.54 Å². The lowest BCUT2D eigenvalue weighted by Gasteiger charge is -2.16. The summed E-state index contributed by atoms with van der Waals surface area (Å²) in [5.41, 5.74) is -0.503. The summed E-state index contributed by atoms with van der Waals surface area (Å²) in [6.45, 7) is 1.94. The van der Waals surface area contributed by atoms with Crippen LogP contribution in [-0.4, -0.2) is 23.9 Å². The van der Waals surface area contributed by atoms with Gasteiger partial charge in [-0.25, -0.2) is 4.90 Å². The van der Waals surface area contributed by atoms with E-state index in [1.165, 1.54) is 4.90 Å². The molecule has 0 aliphatic carbocycles. The van der Waals surface area contributed by atoms with Gasteiger partial charge in [0.25, 0.3) is 5.91 Å². The van der Waals surface area contributed by atoms with Crippen LogP contribution in [0, 0.1) is 5.92 Å². The number of halogens is 1. The summed E-state index contributed by atoms with van der Waals surface area (Å²) >= 11 is 5.79. The van der Waals surface area contributed by atoms with Crippen molar-refractivity contribution in [3.05, 3.63) is 29.3 Å². The molecule has 18 heavy (non-hydrogen) atoms. The molecular formula is C12H10ClN3O2. The number of carbonyl (C=O) groups is 2. The summed E-state index contributed by atoms with van der Waals surface area (Å²) in [6, 6.07) is 6.60. The maximum Gasteiger partial charge on any atom is 0.264 e. The van der Waals surface area contributed by atoms with Crippen LogP contribution in [0.2, 0.25) is 5.02 Å². The molecule has 2 amide bonds. The smallest absolute Gasteiger partial charge is 0.264 e. The molecule has 0 aromatic heterocycles. The van der Waals surface area contributed by atoms with Gasteiger partial charge >= 0.3 is 0 Å². The Morgan fingerprint density at radius 1 is 1.33 bits per heavy atom. The Hall–Kier alpha value is -1.75. The SMILES string of the molecule is C[C@]12N=NC[C@H]1C(=O)N(c1ccc(Cl)cc1)C2=O. The van der Waals surface area contributed by atoms with Gasteiger partial charge < -0.3 is 0 Å². The molecule has 1 fully saturated rings. The third-order valence-electron chi connectivity index (χ3n) is 3.46. The molecule has 0 saturated carbocycles. The fourth-order valence-electron chi connectivity index (χ4n) is 2.34. The van der Waals surface area contributed by atoms with Crippen LogP contribution in [0.5, 0.6) is 0 Å². The number of azo groups is 1. The van der Waals surface area contributed by atoms with Crippen molar-refractivity contribution in [2.75, 3.05) is 11.4 Å². The molecule has 1 aromatic carbocycles. The standard InChI is InChI=1S/C12H10ClN3O2/c1-12-9(6-14-15-12)10(17)16(11(12)18)8-4-2-7(13)3-5-8/h2-5,9H,6H2,1H3/t9-,12-/m0/s1. The Bertz CT molecular complexity index is 569. The molecule has 0 radical (unpaired) electrons. The highest BCUT2D eigenvalue weighted by molar-refractivity contribution is 6.31. The number of nitrogens with zero attached hydrogens (tertiary/aromatic N) is 3. The van der Waals surface area contributed by atoms with E-state index in [0.29, 0.717) is 10.7 Å². The Kier molecular flexibility index (Phi) is 2.28. The van der Waals surface area contributed by atoms with Gasteiger partial charge in [0.2, 0.25) is 5.91 Å². The predicted octanol–water partition coefficient (Wildman–Crippen LogP) is 2.05. The highest BCUT2D eigenvalue weighted by Gasteiger charge is 2.59. The van der Waals surface area contributed by atoms with Crippen LogP contribution in [0.4, 0.5) is 5.69 Å². The molecule has 2 aliphatic heterocycles. The van der Waals surface area contributed by atoms with Gasteiger partial charge in [0, 0.05) is 5.02 Å². The first-order valence-electron chi connectivity index (χ1n) is 5.56. The van der Waals surface area contributed by atoms with Crippen molar-refractivity contribution in [2.45, 2.75) is 12.5 Å². The number of imide groups is 1. The van der Waals surface area contributed by atoms with E-state index in [1.54, 1.807) is 31.2 Å². The highest BCUT2D eigenvalue weighted by atomic mass is 35.5. The second kappa shape index (κ2) is 3.62. The van der Waals surface area contributed by atoms with Gasteiger partial charge in [-0.3, -0.25) is 9.59 Å². The quantitative estimate of drug-likeness (QED) is 0.728. The van der Waals surface area contributed by atoms with E-state index in [9.17, 15) is 9.59 Å². The van der Waals surface area contributed by atoms with Crippen LogP contribution in [0.25, 0.3) is 0 Å². The van der Waals surface area contributed by atoms with E-state index in [1.807, 2.05) is 0 Å². The van der Waals surface area contributed by atoms with Crippen molar-refractivity contribution in [2.24, 2.45) is 16.1 Å². The molecule has 3 rings (SSSR count). The maximum absolute atomic E-state index is 12.3. The van der Waals surface area contributed by atoms with E-state index in [0.717, 1.165) is 0 Å². The van der Waals surface area contributed by atoms with E-state index < -0.39 is 11.5 Å². The number of hydrogen-bond acceptors (Lipinski definition) is 4. The highest BCUT2D eigenvalue weighted by Crippen LogP contribution is 2.40. The van der Waals surface area contributed by atoms with E-state index in [4.69, 9.17) is 11.6 Å². The fourth-order valence-corrected chi connectivity index (χ4v) is 2.47. The average Bonchev–Trinajstić information content (AvgIpc) is 2.81. The van der Waals surface area contributed by atoms with Crippen LogP contribution in [0.1, 0.15) is 6.92 Å². The van der Waals surface area contributed by atoms with Crippen LogP contribution in [0.15, 0.2) is 34.5 Å². The van der Waals surface area contributed by atoms with Crippen molar-refractivity contribution in [3.8, 4) is 0 Å². The first-order valence-corrected chi connectivity index (χ1v) is 5.94. The first kappa shape index (κ1) is 11.3. The van der Waals surface area contributed by atoms with Gasteiger partial charge in [-0.05, 0) is 31.2 Å². The average molecular weight is 264 g/mol. The lowest BCUT2D eigenvalue weighted by Crippen LogP contribution is -2.37. The molecule has 2 atom stereocenters. The molecule has 1 saturated heterocycles. The molecule has 0 unspecified atom stereocenters. The van der Waals surface area contributed by atoms with Crippen molar-refractivity contribution in [1.29, 1.82) is 0 Å². The number of benzene rings is 1. The Morgan fingerprint density at radius 2 is 2.00 bits per heavy atom. The second-order valence-corrected chi connectivity index (χ2v) is 5.02. The number of carbonyl (C=O) groups excluding carboxylic acids is 2. The monoisotopic (exact) mass is 263 g/mol. The van der Waals surface area contributed by atoms with E-state index >= 15 is 0 Å². The molecule has 2 heterocycles. The summed E-state index contributed by atoms with van der Waals surface area (Å²) in [7, 11) is 0. The van der Waals surface area contributed by atoms with Crippen molar-refractivity contribution < 1.29 is 9.59 Å². The number of fused-ring (bicyclic) bond motifs is 1. The third kappa shape index (κ3) is 1.34. The van der Waals surface area contributed by atoms with Crippen LogP contribution in [0.3, 0.4) is 0 Å². The van der Waals surface area contributed by atoms with Gasteiger partial charge in [-0.1, -0.05) is 11.6 Å². The minimum Gasteiger partial charge on any atom is -0.274 e. The van der Waals surface area contributed by atoms with Crippen LogP contribution in [-0.2, 0) is 9.59 Å². The zero-order valence-electron chi connectivity index (χ0n) is 9.63. The topological polar surface area (TPSA) is 62.1 Å². The van der Waals surface area contributed by atoms with Crippen molar-refractivity contribution in [3.63, 3.8) is 0 Å². The molecule has 1 aromatic rings. The number of amides is 2. The van der Waals surface area contributed by atoms with Crippen molar-refractivity contribution in [1.82, 2.24) is 0 Å². The zero-order valence-corrected chi connectivity index (χ0v) is 10.4. The van der Waals surface area contributed by atoms with Crippen LogP contribution >= 0.6 is 11.6 Å². The molecule has 6 heteroatoms. The molecule has 0 N–H and O–H groups in total. The summed E-state index contributed by atoms with van der Waals surface area (Å²) in [5.74, 6) is -1.03. The maximum atomic E-state index is 12.3. The van der Waals surface area contributed by atoms with E-state index in [-0.39, 0.29) is 18.4 Å². The van der Waals surface area contributed by atoms with Crippen molar-refractivity contribution >= 4 is 29.1 Å². The molecule has 2 aliphatic rings. The molecule has 5 nitrogen and oxygen atoms in total. The summed E-state index contributed by atoms with van der Waals surface area (Å²) in [5, 5.41) is 8.32. The Labute approximate surface area is 108 Å². The number of anilines is 1. The molecular weight excluding hydrogens is 254 g/mol. The summed E-state index contributed by atoms with van der Waals surface area (Å²) < 4.78 is 0. The molecule has 92 valence electrons. The second-order valence-electron chi connectivity index (χ2n) is 4.58. The van der Waals surface area contributed by atoms with Gasteiger partial charge in [0.05, 0.1) is 18.2 Å².